The molecule has 37 heavy (non-hydrogen) atoms. The van der Waals surface area contributed by atoms with E-state index < -0.39 is 35.2 Å². The van der Waals surface area contributed by atoms with Crippen LogP contribution >= 0.6 is 0 Å². The van der Waals surface area contributed by atoms with Gasteiger partial charge in [-0.15, -0.1) is 0 Å². The molecule has 0 bridgehead atoms. The molecule has 2 aromatic carbocycles. The van der Waals surface area contributed by atoms with E-state index in [-0.39, 0.29) is 18.7 Å². The minimum atomic E-state index is -1.04. The molecule has 7 nitrogen and oxygen atoms in total. The summed E-state index contributed by atoms with van der Waals surface area (Å²) in [5.41, 5.74) is 0.920. The van der Waals surface area contributed by atoms with Crippen LogP contribution in [0.1, 0.15) is 55.7 Å². The molecule has 1 N–H and O–H groups in total. The van der Waals surface area contributed by atoms with Gasteiger partial charge < -0.3 is 15.0 Å². The molecular formula is C28H30F2N4O3. The number of hydrogen-bond acceptors (Lipinski definition) is 5. The van der Waals surface area contributed by atoms with Crippen LogP contribution in [0.3, 0.4) is 0 Å². The molecule has 194 valence electrons. The number of amides is 3. The number of piperidine rings is 1. The fraction of sp³-hybridized carbons (Fsp3) is 0.464. The van der Waals surface area contributed by atoms with E-state index in [1.165, 1.54) is 6.07 Å². The van der Waals surface area contributed by atoms with Crippen LogP contribution in [0.4, 0.5) is 18.4 Å². The number of carbonyl (C=O) groups is 2. The Kier molecular flexibility index (Phi) is 7.11. The standard InChI is InChI=1S/C28H30F2N4O3/c29-23-9-8-19(15-24(23)30)25-17-37-27(36)34(25)26(35)33-14-4-7-22(16-33)32-21-10-12-28(18-31,13-11-21)20-5-2-1-3-6-20/h1-3,5-6,8-9,15,21-22,25,32H,4,7,10-14,16-17H2/t21?,22?,25-,28?/m1/s1. The van der Waals surface area contributed by atoms with Gasteiger partial charge in [-0.25, -0.2) is 23.3 Å². The lowest BCUT2D eigenvalue weighted by atomic mass is 9.69. The molecule has 0 radical (unpaired) electrons. The van der Waals surface area contributed by atoms with E-state index in [9.17, 15) is 23.6 Å². The first kappa shape index (κ1) is 25.2. The molecule has 2 aliphatic heterocycles. The number of nitrogens with zero attached hydrogens (tertiary/aromatic N) is 3. The van der Waals surface area contributed by atoms with Gasteiger partial charge in [0.25, 0.3) is 0 Å². The van der Waals surface area contributed by atoms with Crippen molar-refractivity contribution in [1.29, 1.82) is 5.26 Å². The Morgan fingerprint density at radius 3 is 2.51 bits per heavy atom. The molecule has 0 spiro atoms. The van der Waals surface area contributed by atoms with Crippen LogP contribution in [0, 0.1) is 23.0 Å². The van der Waals surface area contributed by atoms with Gasteiger partial charge in [-0.1, -0.05) is 36.4 Å². The van der Waals surface area contributed by atoms with Gasteiger partial charge in [-0.2, -0.15) is 5.26 Å². The third-order valence-corrected chi connectivity index (χ3v) is 7.95. The Bertz CT molecular complexity index is 1190. The third-order valence-electron chi connectivity index (χ3n) is 7.95. The molecule has 2 aromatic rings. The number of cyclic esters (lactones) is 1. The summed E-state index contributed by atoms with van der Waals surface area (Å²) in [7, 11) is 0. The van der Waals surface area contributed by atoms with Crippen molar-refractivity contribution in [2.24, 2.45) is 0 Å². The minimum absolute atomic E-state index is 0.0642. The summed E-state index contributed by atoms with van der Waals surface area (Å²) in [6.45, 7) is 0.836. The number of carbonyl (C=O) groups excluding carboxylic acids is 2. The maximum absolute atomic E-state index is 13.8. The minimum Gasteiger partial charge on any atom is -0.446 e. The number of rotatable bonds is 4. The summed E-state index contributed by atoms with van der Waals surface area (Å²) < 4.78 is 32.3. The van der Waals surface area contributed by atoms with Crippen molar-refractivity contribution in [3.8, 4) is 6.07 Å². The topological polar surface area (TPSA) is 85.7 Å². The Labute approximate surface area is 215 Å². The van der Waals surface area contributed by atoms with E-state index in [0.717, 1.165) is 61.1 Å². The van der Waals surface area contributed by atoms with Gasteiger partial charge in [0.05, 0.1) is 11.5 Å². The summed E-state index contributed by atoms with van der Waals surface area (Å²) in [5, 5.41) is 13.6. The molecule has 1 saturated carbocycles. The lowest BCUT2D eigenvalue weighted by Crippen LogP contribution is -2.55. The summed E-state index contributed by atoms with van der Waals surface area (Å²) in [6, 6.07) is 14.9. The fourth-order valence-electron chi connectivity index (χ4n) is 5.87. The first-order valence-corrected chi connectivity index (χ1v) is 12.8. The summed E-state index contributed by atoms with van der Waals surface area (Å²) in [5.74, 6) is -2.03. The monoisotopic (exact) mass is 508 g/mol. The molecule has 1 aliphatic carbocycles. The predicted molar refractivity (Wildman–Crippen MR) is 131 cm³/mol. The second-order valence-corrected chi connectivity index (χ2v) is 10.2. The Balaban J connectivity index is 1.21. The number of likely N-dealkylation sites (tertiary alicyclic amines) is 1. The van der Waals surface area contributed by atoms with Crippen LogP contribution in [0.15, 0.2) is 48.5 Å². The van der Waals surface area contributed by atoms with Gasteiger partial charge >= 0.3 is 12.1 Å². The zero-order chi connectivity index (χ0) is 26.0. The van der Waals surface area contributed by atoms with Crippen LogP contribution < -0.4 is 5.32 Å². The SMILES string of the molecule is N#CC1(c2ccccc2)CCC(NC2CCCN(C(=O)N3C(=O)OC[C@@H]3c3ccc(F)c(F)c3)C2)CC1. The van der Waals surface area contributed by atoms with Crippen LogP contribution in [0.25, 0.3) is 0 Å². The summed E-state index contributed by atoms with van der Waals surface area (Å²) in [6.07, 6.45) is 4.18. The number of benzene rings is 2. The van der Waals surface area contributed by atoms with Crippen molar-refractivity contribution >= 4 is 12.1 Å². The fourth-order valence-corrected chi connectivity index (χ4v) is 5.87. The summed E-state index contributed by atoms with van der Waals surface area (Å²) in [4.78, 5) is 28.5. The molecule has 5 rings (SSSR count). The van der Waals surface area contributed by atoms with E-state index in [1.807, 2.05) is 30.3 Å². The molecule has 1 unspecified atom stereocenters. The largest absolute Gasteiger partial charge is 0.446 e. The van der Waals surface area contributed by atoms with Crippen LogP contribution in [0.2, 0.25) is 0 Å². The average Bonchev–Trinajstić information content (AvgIpc) is 3.32. The summed E-state index contributed by atoms with van der Waals surface area (Å²) >= 11 is 0. The molecule has 9 heteroatoms. The van der Waals surface area contributed by atoms with Crippen LogP contribution in [-0.2, 0) is 10.2 Å². The highest BCUT2D eigenvalue weighted by Crippen LogP contribution is 2.39. The maximum Gasteiger partial charge on any atom is 0.418 e. The molecule has 3 fully saturated rings. The molecule has 0 aromatic heterocycles. The van der Waals surface area contributed by atoms with Crippen molar-refractivity contribution in [2.45, 2.75) is 62.1 Å². The average molecular weight is 509 g/mol. The first-order valence-electron chi connectivity index (χ1n) is 12.8. The molecule has 2 atom stereocenters. The van der Waals surface area contributed by atoms with Crippen molar-refractivity contribution in [1.82, 2.24) is 15.1 Å². The van der Waals surface area contributed by atoms with Gasteiger partial charge in [0.15, 0.2) is 11.6 Å². The van der Waals surface area contributed by atoms with Gasteiger partial charge in [-0.05, 0) is 61.8 Å². The van der Waals surface area contributed by atoms with E-state index in [2.05, 4.69) is 11.4 Å². The lowest BCUT2D eigenvalue weighted by Gasteiger charge is -2.40. The second kappa shape index (κ2) is 10.5. The van der Waals surface area contributed by atoms with Crippen molar-refractivity contribution in [3.63, 3.8) is 0 Å². The number of urea groups is 1. The maximum atomic E-state index is 13.8. The predicted octanol–water partition coefficient (Wildman–Crippen LogP) is 5.04. The van der Waals surface area contributed by atoms with Crippen molar-refractivity contribution in [2.75, 3.05) is 19.7 Å². The number of nitrogens with one attached hydrogen (secondary N) is 1. The van der Waals surface area contributed by atoms with Crippen LogP contribution in [0.5, 0.6) is 0 Å². The molecule has 2 saturated heterocycles. The van der Waals surface area contributed by atoms with E-state index >= 15 is 0 Å². The van der Waals surface area contributed by atoms with Crippen molar-refractivity contribution in [3.05, 3.63) is 71.3 Å². The van der Waals surface area contributed by atoms with Gasteiger partial charge in [0, 0.05) is 25.2 Å². The molecular weight excluding hydrogens is 478 g/mol. The Hall–Kier alpha value is -3.51. The highest BCUT2D eigenvalue weighted by atomic mass is 19.2. The smallest absolute Gasteiger partial charge is 0.418 e. The number of nitriles is 1. The Morgan fingerprint density at radius 2 is 1.81 bits per heavy atom. The molecule has 2 heterocycles. The zero-order valence-corrected chi connectivity index (χ0v) is 20.5. The van der Waals surface area contributed by atoms with Crippen LogP contribution in [-0.4, -0.2) is 53.7 Å². The molecule has 3 amide bonds. The molecule has 3 aliphatic rings. The zero-order valence-electron chi connectivity index (χ0n) is 20.5. The normalized spacial score (nSPS) is 28.0. The van der Waals surface area contributed by atoms with E-state index in [0.29, 0.717) is 18.7 Å². The van der Waals surface area contributed by atoms with Gasteiger partial charge in [0.1, 0.15) is 12.6 Å². The number of imide groups is 1. The lowest BCUT2D eigenvalue weighted by molar-refractivity contribution is 0.125. The highest BCUT2D eigenvalue weighted by molar-refractivity contribution is 5.92. The van der Waals surface area contributed by atoms with Crippen molar-refractivity contribution < 1.29 is 23.1 Å². The highest BCUT2D eigenvalue weighted by Gasteiger charge is 2.43. The first-order chi connectivity index (χ1) is 17.9. The van der Waals surface area contributed by atoms with Gasteiger partial charge in [0.2, 0.25) is 0 Å². The number of halogens is 2. The van der Waals surface area contributed by atoms with E-state index in [1.54, 1.807) is 4.90 Å². The Morgan fingerprint density at radius 1 is 1.05 bits per heavy atom. The number of ether oxygens (including phenoxy) is 1. The van der Waals surface area contributed by atoms with E-state index in [4.69, 9.17) is 4.74 Å². The quantitative estimate of drug-likeness (QED) is 0.626. The second-order valence-electron chi connectivity index (χ2n) is 10.2. The van der Waals surface area contributed by atoms with Gasteiger partial charge in [-0.3, -0.25) is 0 Å². The third kappa shape index (κ3) is 5.03. The number of hydrogen-bond donors (Lipinski definition) is 1.